The Bertz CT molecular complexity index is 895. The van der Waals surface area contributed by atoms with Crippen LogP contribution in [-0.2, 0) is 16.4 Å². The Balaban J connectivity index is 1.92. The van der Waals surface area contributed by atoms with Crippen LogP contribution in [0.4, 0.5) is 0 Å². The molecular weight excluding hydrogens is 402 g/mol. The monoisotopic (exact) mass is 421 g/mol. The van der Waals surface area contributed by atoms with Gasteiger partial charge >= 0.3 is 0 Å². The van der Waals surface area contributed by atoms with E-state index < -0.39 is 9.84 Å². The van der Waals surface area contributed by atoms with Gasteiger partial charge in [-0.25, -0.2) is 8.42 Å². The number of benzene rings is 2. The van der Waals surface area contributed by atoms with Gasteiger partial charge in [-0.2, -0.15) is 0 Å². The van der Waals surface area contributed by atoms with E-state index >= 15 is 0 Å². The molecular formula is C19H20BrNO3S. The minimum Gasteiger partial charge on any atom is -0.330 e. The van der Waals surface area contributed by atoms with Gasteiger partial charge < -0.3 is 4.90 Å². The highest BCUT2D eigenvalue weighted by Gasteiger charge is 2.35. The molecule has 2 aromatic rings. The first-order valence-electron chi connectivity index (χ1n) is 8.16. The standard InChI is InChI=1S/C19H20BrNO3S/c1-14-4-2-6-16(10-14)19(22)21(18-8-9-25(23,24)13-18)12-15-5-3-7-17(20)11-15/h2-7,10-11,18H,8-9,12-13H2,1H3. The summed E-state index contributed by atoms with van der Waals surface area (Å²) >= 11 is 3.45. The Hall–Kier alpha value is -1.66. The van der Waals surface area contributed by atoms with Gasteiger partial charge in [0.2, 0.25) is 0 Å². The van der Waals surface area contributed by atoms with E-state index in [1.54, 1.807) is 11.0 Å². The molecule has 3 rings (SSSR count). The maximum atomic E-state index is 13.1. The molecule has 0 radical (unpaired) electrons. The van der Waals surface area contributed by atoms with Crippen molar-refractivity contribution in [1.82, 2.24) is 4.90 Å². The molecule has 1 unspecified atom stereocenters. The van der Waals surface area contributed by atoms with E-state index in [0.29, 0.717) is 18.5 Å². The first kappa shape index (κ1) is 18.1. The Morgan fingerprint density at radius 3 is 2.60 bits per heavy atom. The number of aryl methyl sites for hydroxylation is 1. The van der Waals surface area contributed by atoms with Crippen LogP contribution in [0.2, 0.25) is 0 Å². The fourth-order valence-corrected chi connectivity index (χ4v) is 5.34. The molecule has 2 aromatic carbocycles. The van der Waals surface area contributed by atoms with Gasteiger partial charge in [-0.3, -0.25) is 4.79 Å². The van der Waals surface area contributed by atoms with Crippen LogP contribution in [0.1, 0.15) is 27.9 Å². The van der Waals surface area contributed by atoms with E-state index in [9.17, 15) is 13.2 Å². The lowest BCUT2D eigenvalue weighted by Gasteiger charge is -2.29. The average Bonchev–Trinajstić information content (AvgIpc) is 2.92. The summed E-state index contributed by atoms with van der Waals surface area (Å²) in [5, 5.41) is 0. The second-order valence-corrected chi connectivity index (χ2v) is 9.63. The molecule has 0 aliphatic carbocycles. The number of halogens is 1. The SMILES string of the molecule is Cc1cccc(C(=O)N(Cc2cccc(Br)c2)C2CCS(=O)(=O)C2)c1. The van der Waals surface area contributed by atoms with Crippen LogP contribution in [0, 0.1) is 6.92 Å². The van der Waals surface area contributed by atoms with E-state index in [-0.39, 0.29) is 23.5 Å². The van der Waals surface area contributed by atoms with Crippen molar-refractivity contribution >= 4 is 31.7 Å². The largest absolute Gasteiger partial charge is 0.330 e. The third-order valence-corrected chi connectivity index (χ3v) is 6.66. The topological polar surface area (TPSA) is 54.5 Å². The molecule has 1 aliphatic rings. The zero-order valence-electron chi connectivity index (χ0n) is 14.0. The predicted molar refractivity (Wildman–Crippen MR) is 102 cm³/mol. The number of carbonyl (C=O) groups excluding carboxylic acids is 1. The maximum absolute atomic E-state index is 13.1. The van der Waals surface area contributed by atoms with Gasteiger partial charge in [-0.05, 0) is 43.2 Å². The first-order chi connectivity index (χ1) is 11.8. The number of hydrogen-bond donors (Lipinski definition) is 0. The van der Waals surface area contributed by atoms with Crippen molar-refractivity contribution in [3.8, 4) is 0 Å². The van der Waals surface area contributed by atoms with E-state index in [4.69, 9.17) is 0 Å². The van der Waals surface area contributed by atoms with Crippen LogP contribution in [0.15, 0.2) is 53.0 Å². The van der Waals surface area contributed by atoms with Crippen molar-refractivity contribution in [1.29, 1.82) is 0 Å². The summed E-state index contributed by atoms with van der Waals surface area (Å²) in [4.78, 5) is 14.8. The Labute approximate surface area is 156 Å². The highest BCUT2D eigenvalue weighted by Crippen LogP contribution is 2.23. The number of carbonyl (C=O) groups is 1. The second-order valence-electron chi connectivity index (χ2n) is 6.49. The van der Waals surface area contributed by atoms with Crippen molar-refractivity contribution in [2.45, 2.75) is 25.9 Å². The molecule has 1 atom stereocenters. The fraction of sp³-hybridized carbons (Fsp3) is 0.316. The van der Waals surface area contributed by atoms with Crippen molar-refractivity contribution in [2.24, 2.45) is 0 Å². The summed E-state index contributed by atoms with van der Waals surface area (Å²) in [6, 6.07) is 14.9. The molecule has 1 aliphatic heterocycles. The molecule has 132 valence electrons. The highest BCUT2D eigenvalue weighted by atomic mass is 79.9. The van der Waals surface area contributed by atoms with Crippen LogP contribution in [-0.4, -0.2) is 36.8 Å². The molecule has 0 spiro atoms. The van der Waals surface area contributed by atoms with Gasteiger partial charge in [0.15, 0.2) is 9.84 Å². The van der Waals surface area contributed by atoms with Crippen LogP contribution in [0.3, 0.4) is 0 Å². The molecule has 1 heterocycles. The van der Waals surface area contributed by atoms with Crippen LogP contribution < -0.4 is 0 Å². The molecule has 6 heteroatoms. The van der Waals surface area contributed by atoms with Gasteiger partial charge in [-0.15, -0.1) is 0 Å². The van der Waals surface area contributed by atoms with Crippen molar-refractivity contribution in [3.05, 3.63) is 69.7 Å². The lowest BCUT2D eigenvalue weighted by molar-refractivity contribution is 0.0681. The molecule has 25 heavy (non-hydrogen) atoms. The summed E-state index contributed by atoms with van der Waals surface area (Å²) in [7, 11) is -3.07. The summed E-state index contributed by atoms with van der Waals surface area (Å²) in [6.45, 7) is 2.34. The highest BCUT2D eigenvalue weighted by molar-refractivity contribution is 9.10. The lowest BCUT2D eigenvalue weighted by Crippen LogP contribution is -2.40. The van der Waals surface area contributed by atoms with Crippen molar-refractivity contribution in [3.63, 3.8) is 0 Å². The molecule has 0 saturated carbocycles. The van der Waals surface area contributed by atoms with Gasteiger partial charge in [0.05, 0.1) is 11.5 Å². The van der Waals surface area contributed by atoms with Gasteiger partial charge in [0, 0.05) is 22.6 Å². The normalized spacial score (nSPS) is 18.9. The van der Waals surface area contributed by atoms with Crippen molar-refractivity contribution in [2.75, 3.05) is 11.5 Å². The molecule has 1 saturated heterocycles. The fourth-order valence-electron chi connectivity index (χ4n) is 3.16. The first-order valence-corrected chi connectivity index (χ1v) is 10.8. The number of hydrogen-bond acceptors (Lipinski definition) is 3. The zero-order chi connectivity index (χ0) is 18.0. The van der Waals surface area contributed by atoms with Crippen LogP contribution in [0.25, 0.3) is 0 Å². The zero-order valence-corrected chi connectivity index (χ0v) is 16.4. The van der Waals surface area contributed by atoms with E-state index in [2.05, 4.69) is 15.9 Å². The Morgan fingerprint density at radius 1 is 1.20 bits per heavy atom. The maximum Gasteiger partial charge on any atom is 0.254 e. The van der Waals surface area contributed by atoms with Crippen LogP contribution in [0.5, 0.6) is 0 Å². The van der Waals surface area contributed by atoms with Gasteiger partial charge in [-0.1, -0.05) is 45.8 Å². The smallest absolute Gasteiger partial charge is 0.254 e. The predicted octanol–water partition coefficient (Wildman–Crippen LogP) is 3.59. The van der Waals surface area contributed by atoms with Gasteiger partial charge in [0.25, 0.3) is 5.91 Å². The summed E-state index contributed by atoms with van der Waals surface area (Å²) < 4.78 is 24.8. The van der Waals surface area contributed by atoms with E-state index in [0.717, 1.165) is 15.6 Å². The van der Waals surface area contributed by atoms with Gasteiger partial charge in [0.1, 0.15) is 0 Å². The number of amides is 1. The average molecular weight is 422 g/mol. The second kappa shape index (κ2) is 7.30. The third-order valence-electron chi connectivity index (χ3n) is 4.42. The summed E-state index contributed by atoms with van der Waals surface area (Å²) in [6.07, 6.45) is 0.494. The molecule has 0 bridgehead atoms. The summed E-state index contributed by atoms with van der Waals surface area (Å²) in [5.74, 6) is 0.0672. The van der Waals surface area contributed by atoms with Crippen LogP contribution >= 0.6 is 15.9 Å². The van der Waals surface area contributed by atoms with E-state index in [1.165, 1.54) is 0 Å². The summed E-state index contributed by atoms with van der Waals surface area (Å²) in [5.41, 5.74) is 2.58. The Kier molecular flexibility index (Phi) is 5.29. The molecule has 0 aromatic heterocycles. The third kappa shape index (κ3) is 4.50. The molecule has 1 fully saturated rings. The quantitative estimate of drug-likeness (QED) is 0.757. The number of sulfone groups is 1. The van der Waals surface area contributed by atoms with Crippen molar-refractivity contribution < 1.29 is 13.2 Å². The minimum absolute atomic E-state index is 0.0402. The minimum atomic E-state index is -3.07. The lowest BCUT2D eigenvalue weighted by atomic mass is 10.1. The molecule has 1 amide bonds. The molecule has 4 nitrogen and oxygen atoms in total. The van der Waals surface area contributed by atoms with E-state index in [1.807, 2.05) is 49.4 Å². The molecule has 0 N–H and O–H groups in total. The number of rotatable bonds is 4. The Morgan fingerprint density at radius 2 is 1.96 bits per heavy atom. The number of nitrogens with zero attached hydrogens (tertiary/aromatic N) is 1.